The molecule has 0 spiro atoms. The van der Waals surface area contributed by atoms with Crippen molar-refractivity contribution in [3.63, 3.8) is 0 Å². The van der Waals surface area contributed by atoms with Crippen LogP contribution >= 0.6 is 11.8 Å². The first-order valence-electron chi connectivity index (χ1n) is 12.1. The molecule has 2 aromatic carbocycles. The highest BCUT2D eigenvalue weighted by Gasteiger charge is 2.21. The zero-order chi connectivity index (χ0) is 29.7. The largest absolute Gasteiger partial charge is 0.383 e. The number of nitrogen functional groups attached to an aromatic ring is 1. The molecule has 0 fully saturated rings. The lowest BCUT2D eigenvalue weighted by molar-refractivity contribution is -0.113. The van der Waals surface area contributed by atoms with Crippen molar-refractivity contribution in [1.82, 2.24) is 15.0 Å². The molecule has 2 aromatic heterocycles. The van der Waals surface area contributed by atoms with Crippen molar-refractivity contribution in [1.29, 1.82) is 10.5 Å². The van der Waals surface area contributed by atoms with E-state index in [-0.39, 0.29) is 38.6 Å². The molecule has 0 saturated carbocycles. The van der Waals surface area contributed by atoms with Crippen LogP contribution in [-0.4, -0.2) is 35.0 Å². The molecule has 0 bridgehead atoms. The highest BCUT2D eigenvalue weighted by molar-refractivity contribution is 8.00. The average molecular weight is 585 g/mol. The fraction of sp³-hybridized carbons (Fsp3) is 0.143. The first kappa shape index (κ1) is 29.0. The van der Waals surface area contributed by atoms with E-state index in [2.05, 4.69) is 31.1 Å². The molecule has 11 nitrogen and oxygen atoms in total. The number of amides is 1. The zero-order valence-corrected chi connectivity index (χ0v) is 23.9. The predicted octanol–water partition coefficient (Wildman–Crippen LogP) is 4.32. The van der Waals surface area contributed by atoms with E-state index >= 15 is 0 Å². The number of benzene rings is 2. The van der Waals surface area contributed by atoms with Gasteiger partial charge in [0.05, 0.1) is 16.2 Å². The summed E-state index contributed by atoms with van der Waals surface area (Å²) in [6.07, 6.45) is 0. The summed E-state index contributed by atoms with van der Waals surface area (Å²) in [5.74, 6) is -0.609. The van der Waals surface area contributed by atoms with Crippen LogP contribution in [0.1, 0.15) is 28.1 Å². The Morgan fingerprint density at radius 1 is 0.927 bits per heavy atom. The van der Waals surface area contributed by atoms with Crippen molar-refractivity contribution in [2.24, 2.45) is 0 Å². The number of aryl methyl sites for hydroxylation is 3. The van der Waals surface area contributed by atoms with Crippen LogP contribution in [0.3, 0.4) is 0 Å². The molecule has 4 N–H and O–H groups in total. The Hall–Kier alpha value is -4.98. The van der Waals surface area contributed by atoms with Gasteiger partial charge < -0.3 is 11.1 Å². The van der Waals surface area contributed by atoms with Crippen molar-refractivity contribution in [2.45, 2.75) is 30.7 Å². The van der Waals surface area contributed by atoms with E-state index in [0.29, 0.717) is 28.2 Å². The molecule has 0 aliphatic carbocycles. The number of hydrogen-bond acceptors (Lipinski definition) is 10. The maximum absolute atomic E-state index is 12.8. The number of aromatic nitrogens is 3. The van der Waals surface area contributed by atoms with Gasteiger partial charge in [-0.2, -0.15) is 10.5 Å². The fourth-order valence-corrected chi connectivity index (χ4v) is 5.65. The normalized spacial score (nSPS) is 10.9. The summed E-state index contributed by atoms with van der Waals surface area (Å²) in [6, 6.07) is 18.8. The summed E-state index contributed by atoms with van der Waals surface area (Å²) in [6.45, 7) is 5.39. The molecule has 13 heteroatoms. The quantitative estimate of drug-likeness (QED) is 0.252. The minimum atomic E-state index is -3.95. The summed E-state index contributed by atoms with van der Waals surface area (Å²) in [5.41, 5.74) is 9.91. The maximum Gasteiger partial charge on any atom is 0.264 e. The Kier molecular flexibility index (Phi) is 8.52. The van der Waals surface area contributed by atoms with E-state index in [1.165, 1.54) is 24.3 Å². The highest BCUT2D eigenvalue weighted by atomic mass is 32.2. The summed E-state index contributed by atoms with van der Waals surface area (Å²) < 4.78 is 27.9. The van der Waals surface area contributed by atoms with Crippen LogP contribution in [0, 0.1) is 43.4 Å². The van der Waals surface area contributed by atoms with E-state index in [0.717, 1.165) is 17.3 Å². The Morgan fingerprint density at radius 3 is 2.12 bits per heavy atom. The molecule has 0 saturated heterocycles. The Labute approximate surface area is 241 Å². The number of anilines is 3. The topological polar surface area (TPSA) is 188 Å². The van der Waals surface area contributed by atoms with Gasteiger partial charge in [-0.1, -0.05) is 41.6 Å². The lowest BCUT2D eigenvalue weighted by Crippen LogP contribution is -2.17. The van der Waals surface area contributed by atoms with E-state index in [9.17, 15) is 23.7 Å². The first-order valence-corrected chi connectivity index (χ1v) is 14.6. The van der Waals surface area contributed by atoms with Crippen LogP contribution in [0.5, 0.6) is 0 Å². The number of hydrogen-bond donors (Lipinski definition) is 3. The lowest BCUT2D eigenvalue weighted by atomic mass is 9.96. The molecule has 4 aromatic rings. The van der Waals surface area contributed by atoms with Gasteiger partial charge in [0.25, 0.3) is 10.0 Å². The SMILES string of the molecule is Cc1ccc(-c2c(C#N)c(N)nc(SCC(=O)Nc3ccc(S(=O)(=O)Nc4nc(C)cc(C)n4)cc3)c2C#N)cc1. The molecule has 0 aliphatic rings. The van der Waals surface area contributed by atoms with Gasteiger partial charge in [0, 0.05) is 22.6 Å². The molecule has 206 valence electrons. The predicted molar refractivity (Wildman–Crippen MR) is 156 cm³/mol. The van der Waals surface area contributed by atoms with Crippen LogP contribution in [0.25, 0.3) is 11.1 Å². The third-order valence-electron chi connectivity index (χ3n) is 5.75. The first-order chi connectivity index (χ1) is 19.5. The van der Waals surface area contributed by atoms with Gasteiger partial charge in [-0.25, -0.2) is 28.1 Å². The van der Waals surface area contributed by atoms with Gasteiger partial charge in [0.2, 0.25) is 11.9 Å². The standard InChI is InChI=1S/C28H24N8O3S2/c1-16-4-6-19(7-5-16)25-22(13-29)26(31)35-27(23(25)14-30)40-15-24(37)34-20-8-10-21(11-9-20)41(38,39)36-28-32-17(2)12-18(3)33-28/h4-12H,15H2,1-3H3,(H2,31,35)(H,34,37)(H,32,33,36). The number of nitriles is 2. The number of carbonyl (C=O) groups is 1. The van der Waals surface area contributed by atoms with E-state index < -0.39 is 15.9 Å². The number of nitrogens with two attached hydrogens (primary N) is 1. The van der Waals surface area contributed by atoms with Gasteiger partial charge in [0.15, 0.2) is 0 Å². The van der Waals surface area contributed by atoms with Crippen molar-refractivity contribution in [3.05, 3.63) is 82.7 Å². The highest BCUT2D eigenvalue weighted by Crippen LogP contribution is 2.35. The Balaban J connectivity index is 1.48. The van der Waals surface area contributed by atoms with Crippen LogP contribution in [0.2, 0.25) is 0 Å². The van der Waals surface area contributed by atoms with E-state index in [1.54, 1.807) is 32.0 Å². The van der Waals surface area contributed by atoms with E-state index in [1.807, 2.05) is 25.1 Å². The molecular formula is C28H24N8O3S2. The van der Waals surface area contributed by atoms with Crippen molar-refractivity contribution in [3.8, 4) is 23.3 Å². The van der Waals surface area contributed by atoms with Crippen LogP contribution in [0.15, 0.2) is 64.5 Å². The lowest BCUT2D eigenvalue weighted by Gasteiger charge is -2.13. The average Bonchev–Trinajstić information content (AvgIpc) is 2.91. The summed E-state index contributed by atoms with van der Waals surface area (Å²) in [4.78, 5) is 25.1. The smallest absolute Gasteiger partial charge is 0.264 e. The molecule has 2 heterocycles. The number of thioether (sulfide) groups is 1. The van der Waals surface area contributed by atoms with Gasteiger partial charge in [0.1, 0.15) is 28.5 Å². The zero-order valence-electron chi connectivity index (χ0n) is 22.3. The number of sulfonamides is 1. The monoisotopic (exact) mass is 584 g/mol. The summed E-state index contributed by atoms with van der Waals surface area (Å²) in [5, 5.41) is 22.5. The molecule has 4 rings (SSSR count). The third-order valence-corrected chi connectivity index (χ3v) is 8.07. The van der Waals surface area contributed by atoms with E-state index in [4.69, 9.17) is 5.73 Å². The minimum absolute atomic E-state index is 0.0313. The number of nitrogens with one attached hydrogen (secondary N) is 2. The minimum Gasteiger partial charge on any atom is -0.383 e. The second-order valence-corrected chi connectivity index (χ2v) is 11.6. The fourth-order valence-electron chi connectivity index (χ4n) is 3.91. The molecule has 1 amide bonds. The molecule has 0 unspecified atom stereocenters. The third kappa shape index (κ3) is 6.78. The number of rotatable bonds is 8. The molecular weight excluding hydrogens is 560 g/mol. The van der Waals surface area contributed by atoms with Crippen molar-refractivity contribution in [2.75, 3.05) is 21.5 Å². The second kappa shape index (κ2) is 12.0. The van der Waals surface area contributed by atoms with Gasteiger partial charge in [-0.05, 0) is 56.7 Å². The summed E-state index contributed by atoms with van der Waals surface area (Å²) >= 11 is 1.00. The van der Waals surface area contributed by atoms with Crippen LogP contribution in [-0.2, 0) is 14.8 Å². The van der Waals surface area contributed by atoms with Gasteiger partial charge >= 0.3 is 0 Å². The molecule has 0 aliphatic heterocycles. The number of pyridine rings is 1. The maximum atomic E-state index is 12.8. The number of carbonyl (C=O) groups excluding carboxylic acids is 1. The summed E-state index contributed by atoms with van der Waals surface area (Å²) in [7, 11) is -3.95. The van der Waals surface area contributed by atoms with Crippen molar-refractivity contribution >= 4 is 45.1 Å². The Bertz CT molecular complexity index is 1810. The molecule has 0 atom stereocenters. The molecule has 0 radical (unpaired) electrons. The van der Waals surface area contributed by atoms with Crippen LogP contribution in [0.4, 0.5) is 17.5 Å². The second-order valence-electron chi connectivity index (χ2n) is 8.96. The van der Waals surface area contributed by atoms with Gasteiger partial charge in [-0.15, -0.1) is 0 Å². The van der Waals surface area contributed by atoms with Crippen LogP contribution < -0.4 is 15.8 Å². The molecule has 41 heavy (non-hydrogen) atoms. The van der Waals surface area contributed by atoms with Gasteiger partial charge in [-0.3, -0.25) is 4.79 Å². The Morgan fingerprint density at radius 2 is 1.54 bits per heavy atom. The van der Waals surface area contributed by atoms with Crippen molar-refractivity contribution < 1.29 is 13.2 Å². The number of nitrogens with zero attached hydrogens (tertiary/aromatic N) is 5.